The highest BCUT2D eigenvalue weighted by Gasteiger charge is 2.20. The Bertz CT molecular complexity index is 3580. The fourth-order valence-corrected chi connectivity index (χ4v) is 9.02. The minimum absolute atomic E-state index is 0.875. The monoisotopic (exact) mass is 779 g/mol. The third-order valence-electron chi connectivity index (χ3n) is 12.1. The van der Waals surface area contributed by atoms with Crippen molar-refractivity contribution < 1.29 is 8.83 Å². The van der Waals surface area contributed by atoms with E-state index in [1.165, 1.54) is 27.5 Å². The number of furan rings is 2. The Kier molecular flexibility index (Phi) is 8.17. The van der Waals surface area contributed by atoms with Crippen LogP contribution in [0, 0.1) is 0 Å². The van der Waals surface area contributed by atoms with Crippen LogP contribution in [0.2, 0.25) is 0 Å². The summed E-state index contributed by atoms with van der Waals surface area (Å²) in [6.45, 7) is 0. The Hall–Kier alpha value is -8.14. The lowest BCUT2D eigenvalue weighted by Gasteiger charge is -2.28. The molecular weight excluding hydrogens is 743 g/mol. The van der Waals surface area contributed by atoms with Crippen LogP contribution >= 0.6 is 0 Å². The number of nitrogens with zero attached hydrogens (tertiary/aromatic N) is 1. The highest BCUT2D eigenvalue weighted by molar-refractivity contribution is 6.10. The molecule has 0 unspecified atom stereocenters. The Morgan fingerprint density at radius 2 is 0.787 bits per heavy atom. The van der Waals surface area contributed by atoms with Gasteiger partial charge >= 0.3 is 0 Å². The molecule has 0 saturated carbocycles. The van der Waals surface area contributed by atoms with E-state index in [9.17, 15) is 0 Å². The normalized spacial score (nSPS) is 11.6. The SMILES string of the molecule is c1ccc(N(c2ccc(-c3ccc(-c4ccc5ccccc5c4)cc3)cc2)c2ccc(-c3cccc4c3oc3ccccc34)cc2)c(-c2ccc3c(c2)oc2ccccc23)c1. The van der Waals surface area contributed by atoms with Crippen LogP contribution in [0.5, 0.6) is 0 Å². The molecule has 0 aliphatic carbocycles. The van der Waals surface area contributed by atoms with Crippen LogP contribution in [0.1, 0.15) is 0 Å². The van der Waals surface area contributed by atoms with Crippen LogP contribution in [0.25, 0.3) is 99.2 Å². The van der Waals surface area contributed by atoms with Crippen LogP contribution in [0.15, 0.2) is 233 Å². The second kappa shape index (κ2) is 14.3. The molecule has 61 heavy (non-hydrogen) atoms. The molecule has 0 N–H and O–H groups in total. The maximum Gasteiger partial charge on any atom is 0.143 e. The summed E-state index contributed by atoms with van der Waals surface area (Å²) in [4.78, 5) is 2.36. The van der Waals surface area contributed by atoms with E-state index in [-0.39, 0.29) is 0 Å². The number of benzene rings is 10. The van der Waals surface area contributed by atoms with Crippen molar-refractivity contribution in [2.75, 3.05) is 4.90 Å². The fourth-order valence-electron chi connectivity index (χ4n) is 9.02. The number of rotatable bonds is 7. The van der Waals surface area contributed by atoms with Crippen molar-refractivity contribution in [3.63, 3.8) is 0 Å². The highest BCUT2D eigenvalue weighted by atomic mass is 16.3. The second-order valence-electron chi connectivity index (χ2n) is 15.7. The van der Waals surface area contributed by atoms with Gasteiger partial charge in [0.25, 0.3) is 0 Å². The number of para-hydroxylation sites is 4. The maximum atomic E-state index is 6.44. The Labute approximate surface area is 353 Å². The zero-order valence-corrected chi connectivity index (χ0v) is 33.1. The average molecular weight is 780 g/mol. The number of hydrogen-bond acceptors (Lipinski definition) is 3. The quantitative estimate of drug-likeness (QED) is 0.161. The molecule has 0 aliphatic heterocycles. The number of hydrogen-bond donors (Lipinski definition) is 0. The molecule has 0 spiro atoms. The molecule has 0 atom stereocenters. The van der Waals surface area contributed by atoms with Gasteiger partial charge in [0, 0.05) is 44.0 Å². The third kappa shape index (κ3) is 6.06. The Morgan fingerprint density at radius 1 is 0.279 bits per heavy atom. The van der Waals surface area contributed by atoms with Gasteiger partial charge in [0.05, 0.1) is 5.69 Å². The first-order valence-electron chi connectivity index (χ1n) is 20.7. The van der Waals surface area contributed by atoms with Crippen molar-refractivity contribution >= 4 is 71.7 Å². The highest BCUT2D eigenvalue weighted by Crippen LogP contribution is 2.44. The molecule has 0 aliphatic rings. The van der Waals surface area contributed by atoms with Gasteiger partial charge in [-0.1, -0.05) is 164 Å². The van der Waals surface area contributed by atoms with E-state index < -0.39 is 0 Å². The molecule has 10 aromatic carbocycles. The zero-order valence-electron chi connectivity index (χ0n) is 33.1. The van der Waals surface area contributed by atoms with Crippen LogP contribution in [-0.2, 0) is 0 Å². The first-order chi connectivity index (χ1) is 30.2. The lowest BCUT2D eigenvalue weighted by Crippen LogP contribution is -2.11. The van der Waals surface area contributed by atoms with Gasteiger partial charge in [-0.15, -0.1) is 0 Å². The molecule has 286 valence electrons. The minimum atomic E-state index is 0.875. The molecule has 0 radical (unpaired) electrons. The van der Waals surface area contributed by atoms with Gasteiger partial charge in [-0.3, -0.25) is 0 Å². The molecule has 2 heterocycles. The Balaban J connectivity index is 0.941. The lowest BCUT2D eigenvalue weighted by molar-refractivity contribution is 0.669. The summed E-state index contributed by atoms with van der Waals surface area (Å²) in [5.74, 6) is 0. The smallest absolute Gasteiger partial charge is 0.143 e. The molecule has 3 heteroatoms. The van der Waals surface area contributed by atoms with Gasteiger partial charge < -0.3 is 13.7 Å². The van der Waals surface area contributed by atoms with Crippen LogP contribution in [0.4, 0.5) is 17.1 Å². The van der Waals surface area contributed by atoms with Crippen molar-refractivity contribution in [2.45, 2.75) is 0 Å². The lowest BCUT2D eigenvalue weighted by atomic mass is 9.97. The predicted octanol–water partition coefficient (Wildman–Crippen LogP) is 16.8. The van der Waals surface area contributed by atoms with Crippen molar-refractivity contribution in [1.82, 2.24) is 0 Å². The first kappa shape index (κ1) is 34.9. The standard InChI is InChI=1S/C58H37NO2/c1-2-11-43-36-44(25-24-38(43)10-1)41-22-20-39(21-23-41)40-26-31-46(32-27-40)59(47-33-28-42(29-34-47)49-15-9-16-53-51-14-5-8-19-56(51)61-58(49)53)54-17-6-3-12-48(54)45-30-35-52-50-13-4-7-18-55(50)60-57(52)37-45/h1-37H. The van der Waals surface area contributed by atoms with Gasteiger partial charge in [-0.25, -0.2) is 0 Å². The van der Waals surface area contributed by atoms with E-state index in [1.807, 2.05) is 24.3 Å². The number of fused-ring (bicyclic) bond motifs is 7. The topological polar surface area (TPSA) is 29.5 Å². The van der Waals surface area contributed by atoms with Crippen molar-refractivity contribution in [1.29, 1.82) is 0 Å². The fraction of sp³-hybridized carbons (Fsp3) is 0. The molecule has 12 rings (SSSR count). The number of anilines is 3. The van der Waals surface area contributed by atoms with E-state index >= 15 is 0 Å². The van der Waals surface area contributed by atoms with Crippen LogP contribution in [-0.4, -0.2) is 0 Å². The van der Waals surface area contributed by atoms with Gasteiger partial charge in [-0.2, -0.15) is 0 Å². The summed E-state index contributed by atoms with van der Waals surface area (Å²) in [7, 11) is 0. The van der Waals surface area contributed by atoms with Crippen LogP contribution < -0.4 is 4.90 Å². The largest absolute Gasteiger partial charge is 0.456 e. The molecule has 0 fully saturated rings. The predicted molar refractivity (Wildman–Crippen MR) is 255 cm³/mol. The summed E-state index contributed by atoms with van der Waals surface area (Å²) < 4.78 is 12.8. The van der Waals surface area contributed by atoms with E-state index in [0.29, 0.717) is 0 Å². The van der Waals surface area contributed by atoms with Gasteiger partial charge in [-0.05, 0) is 105 Å². The van der Waals surface area contributed by atoms with Crippen molar-refractivity contribution in [3.8, 4) is 44.5 Å². The van der Waals surface area contributed by atoms with E-state index in [4.69, 9.17) is 8.83 Å². The molecule has 2 aromatic heterocycles. The second-order valence-corrected chi connectivity index (χ2v) is 15.7. The molecule has 0 saturated heterocycles. The van der Waals surface area contributed by atoms with Crippen molar-refractivity contribution in [3.05, 3.63) is 224 Å². The first-order valence-corrected chi connectivity index (χ1v) is 20.7. The summed E-state index contributed by atoms with van der Waals surface area (Å²) in [6.07, 6.45) is 0. The average Bonchev–Trinajstić information content (AvgIpc) is 3.91. The molecule has 12 aromatic rings. The van der Waals surface area contributed by atoms with Crippen LogP contribution in [0.3, 0.4) is 0 Å². The van der Waals surface area contributed by atoms with E-state index in [1.54, 1.807) is 0 Å². The third-order valence-corrected chi connectivity index (χ3v) is 12.1. The minimum Gasteiger partial charge on any atom is -0.456 e. The zero-order chi connectivity index (χ0) is 40.3. The summed E-state index contributed by atoms with van der Waals surface area (Å²) >= 11 is 0. The summed E-state index contributed by atoms with van der Waals surface area (Å²) in [5.41, 5.74) is 15.9. The molecule has 0 amide bonds. The molecule has 3 nitrogen and oxygen atoms in total. The van der Waals surface area contributed by atoms with Gasteiger partial charge in [0.15, 0.2) is 0 Å². The summed E-state index contributed by atoms with van der Waals surface area (Å²) in [6, 6.07) is 80.0. The molecule has 0 bridgehead atoms. The van der Waals surface area contributed by atoms with Gasteiger partial charge in [0.1, 0.15) is 22.3 Å². The molecular formula is C58H37NO2. The Morgan fingerprint density at radius 3 is 1.54 bits per heavy atom. The van der Waals surface area contributed by atoms with Crippen molar-refractivity contribution in [2.24, 2.45) is 0 Å². The van der Waals surface area contributed by atoms with Gasteiger partial charge in [0.2, 0.25) is 0 Å². The maximum absolute atomic E-state index is 6.44. The van der Waals surface area contributed by atoms with E-state index in [2.05, 4.69) is 205 Å². The summed E-state index contributed by atoms with van der Waals surface area (Å²) in [5, 5.41) is 6.99. The van der Waals surface area contributed by atoms with E-state index in [0.717, 1.165) is 88.8 Å².